The lowest BCUT2D eigenvalue weighted by atomic mass is 10.0. The largest absolute Gasteiger partial charge is 0.292 e. The van der Waals surface area contributed by atoms with Gasteiger partial charge < -0.3 is 0 Å². The number of hydrogen-bond donors (Lipinski definition) is 0. The normalized spacial score (nSPS) is 20.8. The Kier molecular flexibility index (Phi) is 1.70. The van der Waals surface area contributed by atoms with Gasteiger partial charge in [0.25, 0.3) is 0 Å². The third kappa shape index (κ3) is 1.04. The molecule has 1 aliphatic rings. The molecule has 0 aliphatic carbocycles. The first kappa shape index (κ1) is 7.50. The van der Waals surface area contributed by atoms with E-state index in [2.05, 4.69) is 4.99 Å². The number of nitrogens with zero attached hydrogens (tertiary/aromatic N) is 1. The van der Waals surface area contributed by atoms with Crippen molar-refractivity contribution < 1.29 is 4.79 Å². The Morgan fingerprint density at radius 3 is 2.92 bits per heavy atom. The molecule has 0 amide bonds. The quantitative estimate of drug-likeness (QED) is 0.562. The number of carbonyl (C=O) groups excluding carboxylic acids is 1. The van der Waals surface area contributed by atoms with Gasteiger partial charge in [0.15, 0.2) is 5.78 Å². The number of Topliss-reactive ketones (excluding diaryl/α,β-unsaturated/α-hetero) is 1. The standard InChI is InChI=1S/C9H6ClNO/c10-7-5-11-8-4-2-1-3-6(8)9(7)12/h1-5,7H. The summed E-state index contributed by atoms with van der Waals surface area (Å²) in [5.41, 5.74) is 1.32. The van der Waals surface area contributed by atoms with Crippen LogP contribution in [0.25, 0.3) is 0 Å². The maximum Gasteiger partial charge on any atom is 0.188 e. The summed E-state index contributed by atoms with van der Waals surface area (Å²) in [6, 6.07) is 7.19. The summed E-state index contributed by atoms with van der Waals surface area (Å²) in [6.07, 6.45) is 1.46. The fraction of sp³-hybridized carbons (Fsp3) is 0.111. The third-order valence-corrected chi connectivity index (χ3v) is 2.08. The molecule has 0 aromatic heterocycles. The van der Waals surface area contributed by atoms with Crippen molar-refractivity contribution in [2.45, 2.75) is 5.38 Å². The highest BCUT2D eigenvalue weighted by Crippen LogP contribution is 2.24. The predicted molar refractivity (Wildman–Crippen MR) is 48.6 cm³/mol. The number of para-hydroxylation sites is 1. The topological polar surface area (TPSA) is 29.4 Å². The van der Waals surface area contributed by atoms with Gasteiger partial charge in [-0.2, -0.15) is 0 Å². The Hall–Kier alpha value is -1.15. The number of carbonyl (C=O) groups is 1. The SMILES string of the molecule is O=C1c2ccccc2N=CC1Cl. The van der Waals surface area contributed by atoms with E-state index in [1.54, 1.807) is 18.2 Å². The molecule has 1 aliphatic heterocycles. The highest BCUT2D eigenvalue weighted by atomic mass is 35.5. The molecule has 0 spiro atoms. The van der Waals surface area contributed by atoms with E-state index in [0.717, 1.165) is 0 Å². The first-order valence-electron chi connectivity index (χ1n) is 3.60. The Labute approximate surface area is 74.9 Å². The minimum absolute atomic E-state index is 0.0673. The summed E-state index contributed by atoms with van der Waals surface area (Å²) in [4.78, 5) is 15.4. The second-order valence-electron chi connectivity index (χ2n) is 2.56. The molecule has 0 N–H and O–H groups in total. The van der Waals surface area contributed by atoms with Crippen LogP contribution in [-0.4, -0.2) is 17.4 Å². The maximum absolute atomic E-state index is 11.4. The van der Waals surface area contributed by atoms with Crippen molar-refractivity contribution in [1.29, 1.82) is 0 Å². The van der Waals surface area contributed by atoms with Crippen molar-refractivity contribution in [3.63, 3.8) is 0 Å². The zero-order valence-corrected chi connectivity index (χ0v) is 6.95. The smallest absolute Gasteiger partial charge is 0.188 e. The zero-order chi connectivity index (χ0) is 8.55. The van der Waals surface area contributed by atoms with Gasteiger partial charge in [-0.25, -0.2) is 0 Å². The van der Waals surface area contributed by atoms with Crippen LogP contribution in [0.1, 0.15) is 10.4 Å². The van der Waals surface area contributed by atoms with Crippen molar-refractivity contribution >= 4 is 29.3 Å². The van der Waals surface area contributed by atoms with Gasteiger partial charge in [-0.15, -0.1) is 11.6 Å². The molecule has 0 radical (unpaired) electrons. The van der Waals surface area contributed by atoms with Crippen LogP contribution in [0.3, 0.4) is 0 Å². The van der Waals surface area contributed by atoms with E-state index in [1.165, 1.54) is 6.21 Å². The summed E-state index contributed by atoms with van der Waals surface area (Å²) in [7, 11) is 0. The van der Waals surface area contributed by atoms with Crippen LogP contribution in [0.5, 0.6) is 0 Å². The molecule has 3 heteroatoms. The fourth-order valence-electron chi connectivity index (χ4n) is 1.16. The molecule has 1 aromatic carbocycles. The molecule has 1 unspecified atom stereocenters. The summed E-state index contributed by atoms with van der Waals surface area (Å²) < 4.78 is 0. The summed E-state index contributed by atoms with van der Waals surface area (Å²) >= 11 is 5.70. The molecule has 0 bridgehead atoms. The number of ketones is 1. The number of halogens is 1. The first-order valence-corrected chi connectivity index (χ1v) is 4.04. The Morgan fingerprint density at radius 1 is 1.33 bits per heavy atom. The van der Waals surface area contributed by atoms with Gasteiger partial charge in [0, 0.05) is 11.8 Å². The van der Waals surface area contributed by atoms with Crippen LogP contribution >= 0.6 is 11.6 Å². The van der Waals surface area contributed by atoms with Gasteiger partial charge in [0.1, 0.15) is 5.38 Å². The summed E-state index contributed by atoms with van der Waals surface area (Å²) in [6.45, 7) is 0. The van der Waals surface area contributed by atoms with Crippen LogP contribution < -0.4 is 0 Å². The van der Waals surface area contributed by atoms with Gasteiger partial charge in [-0.05, 0) is 12.1 Å². The molecule has 1 heterocycles. The van der Waals surface area contributed by atoms with E-state index < -0.39 is 5.38 Å². The number of alkyl halides is 1. The van der Waals surface area contributed by atoms with Crippen LogP contribution in [-0.2, 0) is 0 Å². The molecular formula is C9H6ClNO. The molecule has 12 heavy (non-hydrogen) atoms. The Bertz CT molecular complexity index is 359. The van der Waals surface area contributed by atoms with E-state index in [1.807, 2.05) is 6.07 Å². The molecule has 1 atom stereocenters. The van der Waals surface area contributed by atoms with Crippen molar-refractivity contribution in [3.05, 3.63) is 29.8 Å². The van der Waals surface area contributed by atoms with Crippen molar-refractivity contribution in [2.75, 3.05) is 0 Å². The van der Waals surface area contributed by atoms with Crippen molar-refractivity contribution in [3.8, 4) is 0 Å². The Morgan fingerprint density at radius 2 is 2.08 bits per heavy atom. The Balaban J connectivity index is 2.59. The minimum Gasteiger partial charge on any atom is -0.292 e. The van der Waals surface area contributed by atoms with Crippen LogP contribution in [0.15, 0.2) is 29.3 Å². The molecular weight excluding hydrogens is 174 g/mol. The van der Waals surface area contributed by atoms with Crippen molar-refractivity contribution in [2.24, 2.45) is 4.99 Å². The van der Waals surface area contributed by atoms with Crippen LogP contribution in [0.4, 0.5) is 5.69 Å². The molecule has 0 saturated carbocycles. The maximum atomic E-state index is 11.4. The second kappa shape index (κ2) is 2.72. The monoisotopic (exact) mass is 179 g/mol. The van der Waals surface area contributed by atoms with E-state index in [4.69, 9.17) is 11.6 Å². The minimum atomic E-state index is -0.597. The van der Waals surface area contributed by atoms with Gasteiger partial charge in [0.05, 0.1) is 5.69 Å². The second-order valence-corrected chi connectivity index (χ2v) is 3.03. The average molecular weight is 180 g/mol. The lowest BCUT2D eigenvalue weighted by molar-refractivity contribution is 0.100. The van der Waals surface area contributed by atoms with Crippen LogP contribution in [0, 0.1) is 0 Å². The predicted octanol–water partition coefficient (Wildman–Crippen LogP) is 2.19. The van der Waals surface area contributed by atoms with E-state index in [-0.39, 0.29) is 5.78 Å². The highest BCUT2D eigenvalue weighted by molar-refractivity contribution is 6.43. The van der Waals surface area contributed by atoms with Gasteiger partial charge in [-0.3, -0.25) is 9.79 Å². The highest BCUT2D eigenvalue weighted by Gasteiger charge is 2.21. The third-order valence-electron chi connectivity index (χ3n) is 1.76. The number of fused-ring (bicyclic) bond motifs is 1. The summed E-state index contributed by atoms with van der Waals surface area (Å²) in [5.74, 6) is -0.0673. The molecule has 0 fully saturated rings. The van der Waals surface area contributed by atoms with Crippen LogP contribution in [0.2, 0.25) is 0 Å². The molecule has 2 rings (SSSR count). The molecule has 60 valence electrons. The lowest BCUT2D eigenvalue weighted by Crippen LogP contribution is -2.19. The number of benzene rings is 1. The van der Waals surface area contributed by atoms with E-state index in [9.17, 15) is 4.79 Å². The molecule has 2 nitrogen and oxygen atoms in total. The number of hydrogen-bond acceptors (Lipinski definition) is 2. The molecule has 0 saturated heterocycles. The molecule has 1 aromatic rings. The van der Waals surface area contributed by atoms with Gasteiger partial charge in [-0.1, -0.05) is 12.1 Å². The zero-order valence-electron chi connectivity index (χ0n) is 6.20. The first-order chi connectivity index (χ1) is 5.79. The number of aliphatic imine (C=N–C) groups is 1. The summed E-state index contributed by atoms with van der Waals surface area (Å²) in [5, 5.41) is -0.597. The average Bonchev–Trinajstić information content (AvgIpc) is 2.12. The van der Waals surface area contributed by atoms with Gasteiger partial charge in [0.2, 0.25) is 0 Å². The van der Waals surface area contributed by atoms with E-state index >= 15 is 0 Å². The lowest BCUT2D eigenvalue weighted by Gasteiger charge is -2.10. The van der Waals surface area contributed by atoms with E-state index in [0.29, 0.717) is 11.3 Å². The van der Waals surface area contributed by atoms with Crippen molar-refractivity contribution in [1.82, 2.24) is 0 Å². The van der Waals surface area contributed by atoms with Gasteiger partial charge >= 0.3 is 0 Å². The fourth-order valence-corrected chi connectivity index (χ4v) is 1.33. The number of rotatable bonds is 0.